The van der Waals surface area contributed by atoms with Gasteiger partial charge in [-0.05, 0) is 32.2 Å². The Morgan fingerprint density at radius 2 is 2.38 bits per heavy atom. The molecule has 0 aromatic rings. The van der Waals surface area contributed by atoms with Gasteiger partial charge >= 0.3 is 0 Å². The minimum atomic E-state index is 0.378. The van der Waals surface area contributed by atoms with E-state index in [1.165, 1.54) is 25.9 Å². The number of hydrogen-bond acceptors (Lipinski definition) is 2. The van der Waals surface area contributed by atoms with Gasteiger partial charge in [0.05, 0.1) is 6.10 Å². The van der Waals surface area contributed by atoms with Crippen molar-refractivity contribution in [3.63, 3.8) is 0 Å². The molecule has 78 valence electrons. The molecule has 0 saturated carbocycles. The molecule has 2 atom stereocenters. The molecule has 3 heteroatoms. The van der Waals surface area contributed by atoms with Gasteiger partial charge in [-0.25, -0.2) is 0 Å². The molecule has 0 spiro atoms. The van der Waals surface area contributed by atoms with Gasteiger partial charge in [-0.1, -0.05) is 15.9 Å². The summed E-state index contributed by atoms with van der Waals surface area (Å²) in [5.41, 5.74) is 0. The first-order chi connectivity index (χ1) is 6.26. The van der Waals surface area contributed by atoms with Crippen molar-refractivity contribution in [2.24, 2.45) is 5.92 Å². The lowest BCUT2D eigenvalue weighted by Gasteiger charge is -2.19. The third-order valence-electron chi connectivity index (χ3n) is 2.81. The molecule has 1 aliphatic rings. The average molecular weight is 250 g/mol. The molecule has 0 aliphatic carbocycles. The van der Waals surface area contributed by atoms with Crippen molar-refractivity contribution in [2.45, 2.75) is 25.9 Å². The van der Waals surface area contributed by atoms with Gasteiger partial charge in [0.2, 0.25) is 0 Å². The second-order valence-corrected chi connectivity index (χ2v) is 4.73. The Morgan fingerprint density at radius 1 is 1.62 bits per heavy atom. The van der Waals surface area contributed by atoms with E-state index in [9.17, 15) is 0 Å². The fourth-order valence-electron chi connectivity index (χ4n) is 1.91. The summed E-state index contributed by atoms with van der Waals surface area (Å²) < 4.78 is 5.26. The van der Waals surface area contributed by atoms with Crippen LogP contribution in [0.4, 0.5) is 0 Å². The fraction of sp³-hybridized carbons (Fsp3) is 1.00. The third kappa shape index (κ3) is 3.96. The smallest absolute Gasteiger partial charge is 0.0670 e. The van der Waals surface area contributed by atoms with Crippen molar-refractivity contribution in [1.29, 1.82) is 0 Å². The molecule has 1 rings (SSSR count). The molecule has 0 N–H and O–H groups in total. The number of nitrogens with zero attached hydrogens (tertiary/aromatic N) is 1. The summed E-state index contributed by atoms with van der Waals surface area (Å²) in [7, 11) is 1.79. The van der Waals surface area contributed by atoms with Gasteiger partial charge in [0.1, 0.15) is 0 Å². The van der Waals surface area contributed by atoms with E-state index in [1.54, 1.807) is 7.11 Å². The zero-order valence-electron chi connectivity index (χ0n) is 8.63. The van der Waals surface area contributed by atoms with Crippen LogP contribution in [-0.2, 0) is 4.74 Å². The molecule has 0 aromatic carbocycles. The third-order valence-corrected chi connectivity index (χ3v) is 3.26. The van der Waals surface area contributed by atoms with Gasteiger partial charge in [0, 0.05) is 25.5 Å². The maximum Gasteiger partial charge on any atom is 0.0670 e. The van der Waals surface area contributed by atoms with E-state index >= 15 is 0 Å². The number of methoxy groups -OCH3 is 1. The van der Waals surface area contributed by atoms with Gasteiger partial charge in [-0.3, -0.25) is 0 Å². The quantitative estimate of drug-likeness (QED) is 0.693. The predicted molar refractivity (Wildman–Crippen MR) is 59.4 cm³/mol. The van der Waals surface area contributed by atoms with Crippen molar-refractivity contribution in [3.8, 4) is 0 Å². The molecular weight excluding hydrogens is 230 g/mol. The molecule has 0 radical (unpaired) electrons. The summed E-state index contributed by atoms with van der Waals surface area (Å²) in [5, 5.41) is 1.14. The molecule has 0 aromatic heterocycles. The number of halogens is 1. The Kier molecular flexibility index (Phi) is 5.29. The van der Waals surface area contributed by atoms with Crippen molar-refractivity contribution >= 4 is 15.9 Å². The fourth-order valence-corrected chi connectivity index (χ4v) is 2.55. The van der Waals surface area contributed by atoms with Crippen molar-refractivity contribution in [2.75, 3.05) is 32.1 Å². The van der Waals surface area contributed by atoms with Gasteiger partial charge < -0.3 is 9.64 Å². The standard InChI is InChI=1S/C10H20BrNO/c1-9(13-2)7-12-6-4-10(8-12)3-5-11/h9-10H,3-8H2,1-2H3. The van der Waals surface area contributed by atoms with Gasteiger partial charge in [0.25, 0.3) is 0 Å². The molecule has 13 heavy (non-hydrogen) atoms. The molecule has 1 saturated heterocycles. The molecule has 1 heterocycles. The Balaban J connectivity index is 2.17. The van der Waals surface area contributed by atoms with Crippen molar-refractivity contribution < 1.29 is 4.74 Å². The van der Waals surface area contributed by atoms with E-state index in [-0.39, 0.29) is 0 Å². The predicted octanol–water partition coefficient (Wildman–Crippen LogP) is 2.13. The van der Waals surface area contributed by atoms with E-state index in [0.29, 0.717) is 6.10 Å². The molecule has 2 unspecified atom stereocenters. The number of likely N-dealkylation sites (tertiary alicyclic amines) is 1. The van der Waals surface area contributed by atoms with E-state index < -0.39 is 0 Å². The van der Waals surface area contributed by atoms with Crippen molar-refractivity contribution in [1.82, 2.24) is 4.90 Å². The van der Waals surface area contributed by atoms with Gasteiger partial charge in [-0.2, -0.15) is 0 Å². The summed E-state index contributed by atoms with van der Waals surface area (Å²) in [6.45, 7) is 5.75. The highest BCUT2D eigenvalue weighted by molar-refractivity contribution is 9.09. The lowest BCUT2D eigenvalue weighted by atomic mass is 10.1. The lowest BCUT2D eigenvalue weighted by Crippen LogP contribution is -2.30. The topological polar surface area (TPSA) is 12.5 Å². The van der Waals surface area contributed by atoms with Crippen LogP contribution in [0.2, 0.25) is 0 Å². The maximum absolute atomic E-state index is 5.26. The molecule has 0 amide bonds. The van der Waals surface area contributed by atoms with E-state index in [2.05, 4.69) is 27.8 Å². The van der Waals surface area contributed by atoms with Crippen LogP contribution in [0, 0.1) is 5.92 Å². The molecular formula is C10H20BrNO. The second-order valence-electron chi connectivity index (χ2n) is 3.94. The van der Waals surface area contributed by atoms with Crippen LogP contribution in [0.25, 0.3) is 0 Å². The Hall–Kier alpha value is 0.400. The van der Waals surface area contributed by atoms with Crippen LogP contribution >= 0.6 is 15.9 Å². The minimum Gasteiger partial charge on any atom is -0.380 e. The highest BCUT2D eigenvalue weighted by Gasteiger charge is 2.22. The molecule has 1 fully saturated rings. The summed E-state index contributed by atoms with van der Waals surface area (Å²) in [6.07, 6.45) is 3.06. The first kappa shape index (κ1) is 11.5. The minimum absolute atomic E-state index is 0.378. The van der Waals surface area contributed by atoms with Crippen LogP contribution < -0.4 is 0 Å². The van der Waals surface area contributed by atoms with Crippen LogP contribution in [0.5, 0.6) is 0 Å². The van der Waals surface area contributed by atoms with Gasteiger partial charge in [-0.15, -0.1) is 0 Å². The van der Waals surface area contributed by atoms with Crippen LogP contribution in [-0.4, -0.2) is 43.1 Å². The SMILES string of the molecule is COC(C)CN1CCC(CCBr)C1. The number of ether oxygens (including phenoxy) is 1. The van der Waals surface area contributed by atoms with Crippen LogP contribution in [0.15, 0.2) is 0 Å². The highest BCUT2D eigenvalue weighted by Crippen LogP contribution is 2.20. The van der Waals surface area contributed by atoms with E-state index in [4.69, 9.17) is 4.74 Å². The van der Waals surface area contributed by atoms with Crippen LogP contribution in [0.3, 0.4) is 0 Å². The van der Waals surface area contributed by atoms with Crippen LogP contribution in [0.1, 0.15) is 19.8 Å². The Morgan fingerprint density at radius 3 is 3.00 bits per heavy atom. The summed E-state index contributed by atoms with van der Waals surface area (Å²) in [4.78, 5) is 2.52. The molecule has 0 bridgehead atoms. The first-order valence-electron chi connectivity index (χ1n) is 5.07. The zero-order chi connectivity index (χ0) is 9.68. The monoisotopic (exact) mass is 249 g/mol. The molecule has 2 nitrogen and oxygen atoms in total. The summed E-state index contributed by atoms with van der Waals surface area (Å²) in [5.74, 6) is 0.906. The Bertz CT molecular complexity index is 143. The first-order valence-corrected chi connectivity index (χ1v) is 6.19. The highest BCUT2D eigenvalue weighted by atomic mass is 79.9. The number of rotatable bonds is 5. The van der Waals surface area contributed by atoms with Gasteiger partial charge in [0.15, 0.2) is 0 Å². The zero-order valence-corrected chi connectivity index (χ0v) is 10.2. The molecule has 1 aliphatic heterocycles. The normalized spacial score (nSPS) is 26.5. The number of alkyl halides is 1. The summed E-state index contributed by atoms with van der Waals surface area (Å²) >= 11 is 3.50. The summed E-state index contributed by atoms with van der Waals surface area (Å²) in [6, 6.07) is 0. The Labute approximate surface area is 89.8 Å². The second kappa shape index (κ2) is 5.99. The maximum atomic E-state index is 5.26. The lowest BCUT2D eigenvalue weighted by molar-refractivity contribution is 0.0839. The van der Waals surface area contributed by atoms with Crippen molar-refractivity contribution in [3.05, 3.63) is 0 Å². The number of hydrogen-bond donors (Lipinski definition) is 0. The van der Waals surface area contributed by atoms with E-state index in [1.807, 2.05) is 0 Å². The average Bonchev–Trinajstić information content (AvgIpc) is 2.53. The van der Waals surface area contributed by atoms with E-state index in [0.717, 1.165) is 17.8 Å². The largest absolute Gasteiger partial charge is 0.380 e.